The molecule has 0 heterocycles. The molecule has 0 aliphatic heterocycles. The summed E-state index contributed by atoms with van der Waals surface area (Å²) in [5.74, 6) is -0.987. The third-order valence-corrected chi connectivity index (χ3v) is 5.33. The van der Waals surface area contributed by atoms with Crippen molar-refractivity contribution in [1.82, 2.24) is 0 Å². The molecule has 4 nitrogen and oxygen atoms in total. The summed E-state index contributed by atoms with van der Waals surface area (Å²) in [7, 11) is 0. The molecule has 0 saturated heterocycles. The van der Waals surface area contributed by atoms with E-state index in [1.54, 1.807) is 6.92 Å². The van der Waals surface area contributed by atoms with Crippen LogP contribution in [0.4, 0.5) is 0 Å². The number of carbonyl (C=O) groups excluding carboxylic acids is 2. The molecule has 1 fully saturated rings. The minimum Gasteiger partial charge on any atom is -0.396 e. The number of hydrogen-bond donors (Lipinski definition) is 2. The summed E-state index contributed by atoms with van der Waals surface area (Å²) in [4.78, 5) is 24.5. The van der Waals surface area contributed by atoms with E-state index in [-0.39, 0.29) is 24.6 Å². The minimum absolute atomic E-state index is 0.0226. The maximum absolute atomic E-state index is 12.3. The van der Waals surface area contributed by atoms with Gasteiger partial charge in [0, 0.05) is 18.4 Å². The zero-order valence-corrected chi connectivity index (χ0v) is 13.7. The highest BCUT2D eigenvalue weighted by Gasteiger charge is 2.66. The van der Waals surface area contributed by atoms with Crippen LogP contribution in [-0.2, 0) is 9.59 Å². The monoisotopic (exact) mass is 306 g/mol. The fourth-order valence-electron chi connectivity index (χ4n) is 4.00. The molecule has 0 aromatic heterocycles. The summed E-state index contributed by atoms with van der Waals surface area (Å²) in [5, 5.41) is 19.8. The topological polar surface area (TPSA) is 74.6 Å². The van der Waals surface area contributed by atoms with Crippen LogP contribution >= 0.6 is 0 Å². The summed E-state index contributed by atoms with van der Waals surface area (Å²) >= 11 is 0. The van der Waals surface area contributed by atoms with Gasteiger partial charge in [-0.25, -0.2) is 0 Å². The van der Waals surface area contributed by atoms with Gasteiger partial charge in [-0.2, -0.15) is 0 Å². The first-order valence-electron chi connectivity index (χ1n) is 8.00. The number of Topliss-reactive ketones (excluding diaryl/α,β-unsaturated/α-hetero) is 1. The van der Waals surface area contributed by atoms with Crippen LogP contribution in [0.2, 0.25) is 0 Å². The lowest BCUT2D eigenvalue weighted by Gasteiger charge is -2.37. The number of allylic oxidation sites excluding steroid dienone is 2. The van der Waals surface area contributed by atoms with E-state index in [2.05, 4.69) is 6.08 Å². The van der Waals surface area contributed by atoms with E-state index in [1.165, 1.54) is 11.6 Å². The Labute approximate surface area is 131 Å². The van der Waals surface area contributed by atoms with E-state index in [1.807, 2.05) is 13.8 Å². The number of rotatable bonds is 6. The smallest absolute Gasteiger partial charge is 0.188 e. The largest absolute Gasteiger partial charge is 0.396 e. The quantitative estimate of drug-likeness (QED) is 0.739. The first-order chi connectivity index (χ1) is 10.3. The van der Waals surface area contributed by atoms with E-state index >= 15 is 0 Å². The van der Waals surface area contributed by atoms with Gasteiger partial charge in [-0.3, -0.25) is 9.59 Å². The molecule has 0 unspecified atom stereocenters. The van der Waals surface area contributed by atoms with Crippen LogP contribution in [-0.4, -0.2) is 34.0 Å². The minimum atomic E-state index is -1.55. The molecule has 2 N–H and O–H groups in total. The molecule has 22 heavy (non-hydrogen) atoms. The van der Waals surface area contributed by atoms with Gasteiger partial charge < -0.3 is 10.2 Å². The van der Waals surface area contributed by atoms with Gasteiger partial charge in [-0.15, -0.1) is 0 Å². The van der Waals surface area contributed by atoms with Crippen LogP contribution in [0.25, 0.3) is 0 Å². The molecule has 0 amide bonds. The molecular weight excluding hydrogens is 280 g/mol. The van der Waals surface area contributed by atoms with Crippen molar-refractivity contribution in [3.8, 4) is 0 Å². The highest BCUT2D eigenvalue weighted by Crippen LogP contribution is 2.56. The first kappa shape index (κ1) is 17.1. The number of carbonyl (C=O) groups is 2. The number of aliphatic hydroxyl groups excluding tert-OH is 1. The molecule has 3 atom stereocenters. The van der Waals surface area contributed by atoms with Crippen molar-refractivity contribution in [2.75, 3.05) is 6.61 Å². The van der Waals surface area contributed by atoms with Crippen molar-refractivity contribution in [1.29, 1.82) is 0 Å². The van der Waals surface area contributed by atoms with Gasteiger partial charge in [0.25, 0.3) is 0 Å². The van der Waals surface area contributed by atoms with Crippen LogP contribution in [0.1, 0.15) is 52.9 Å². The van der Waals surface area contributed by atoms with E-state index in [0.717, 1.165) is 19.3 Å². The third-order valence-electron chi connectivity index (χ3n) is 5.33. The molecule has 0 aromatic rings. The normalized spacial score (nSPS) is 35.0. The average molecular weight is 306 g/mol. The summed E-state index contributed by atoms with van der Waals surface area (Å²) in [6, 6.07) is 0. The maximum Gasteiger partial charge on any atom is 0.188 e. The number of ketones is 2. The third kappa shape index (κ3) is 2.59. The number of hydrogen-bond acceptors (Lipinski definition) is 4. The molecule has 122 valence electrons. The predicted molar refractivity (Wildman–Crippen MR) is 84.2 cm³/mol. The summed E-state index contributed by atoms with van der Waals surface area (Å²) in [6.07, 6.45) is 6.69. The van der Waals surface area contributed by atoms with Gasteiger partial charge in [-0.1, -0.05) is 24.1 Å². The summed E-state index contributed by atoms with van der Waals surface area (Å²) in [6.45, 7) is 5.80. The van der Waals surface area contributed by atoms with Crippen molar-refractivity contribution < 1.29 is 19.8 Å². The molecule has 4 heteroatoms. The summed E-state index contributed by atoms with van der Waals surface area (Å²) in [5.41, 5.74) is -0.372. The van der Waals surface area contributed by atoms with Crippen molar-refractivity contribution in [2.24, 2.45) is 11.3 Å². The van der Waals surface area contributed by atoms with Gasteiger partial charge in [0.05, 0.1) is 5.92 Å². The summed E-state index contributed by atoms with van der Waals surface area (Å²) < 4.78 is 0. The molecule has 1 saturated carbocycles. The van der Waals surface area contributed by atoms with E-state index in [0.29, 0.717) is 12.0 Å². The standard InChI is InChI=1S/C18H26O4/c1-12(7-5-9-19)6-4-8-17(3)11-14(20)16-13(2)10-15(21)18(16,17)22/h6,10,16,19,22H,4-5,7-9,11H2,1-3H3/b12-6+/t16-,17+,18+/m0/s1. The number of aliphatic hydroxyl groups is 2. The molecule has 2 rings (SSSR count). The van der Waals surface area contributed by atoms with Gasteiger partial charge >= 0.3 is 0 Å². The van der Waals surface area contributed by atoms with E-state index < -0.39 is 16.9 Å². The second-order valence-electron chi connectivity index (χ2n) is 7.07. The highest BCUT2D eigenvalue weighted by atomic mass is 16.3. The zero-order chi connectivity index (χ0) is 16.5. The average Bonchev–Trinajstić information content (AvgIpc) is 2.79. The molecule has 0 bridgehead atoms. The number of fused-ring (bicyclic) bond motifs is 1. The Hall–Kier alpha value is -1.26. The zero-order valence-electron chi connectivity index (χ0n) is 13.7. The van der Waals surface area contributed by atoms with Crippen molar-refractivity contribution >= 4 is 11.6 Å². The van der Waals surface area contributed by atoms with Gasteiger partial charge in [-0.05, 0) is 45.6 Å². The Morgan fingerprint density at radius 2 is 2.14 bits per heavy atom. The Morgan fingerprint density at radius 1 is 1.45 bits per heavy atom. The molecule has 0 spiro atoms. The lowest BCUT2D eigenvalue weighted by Crippen LogP contribution is -2.50. The van der Waals surface area contributed by atoms with Gasteiger partial charge in [0.1, 0.15) is 11.4 Å². The van der Waals surface area contributed by atoms with Crippen LogP contribution in [0.5, 0.6) is 0 Å². The Balaban J connectivity index is 2.11. The predicted octanol–water partition coefficient (Wildman–Crippen LogP) is 2.34. The Morgan fingerprint density at radius 3 is 2.77 bits per heavy atom. The van der Waals surface area contributed by atoms with Gasteiger partial charge in [0.2, 0.25) is 0 Å². The van der Waals surface area contributed by atoms with Crippen molar-refractivity contribution in [2.45, 2.75) is 58.5 Å². The lowest BCUT2D eigenvalue weighted by atomic mass is 9.69. The van der Waals surface area contributed by atoms with Gasteiger partial charge in [0.15, 0.2) is 5.78 Å². The second kappa shape index (κ2) is 6.09. The van der Waals surface area contributed by atoms with Crippen LogP contribution in [0.15, 0.2) is 23.3 Å². The van der Waals surface area contributed by atoms with Crippen molar-refractivity contribution in [3.63, 3.8) is 0 Å². The fourth-order valence-corrected chi connectivity index (χ4v) is 4.00. The van der Waals surface area contributed by atoms with Crippen LogP contribution < -0.4 is 0 Å². The first-order valence-corrected chi connectivity index (χ1v) is 8.00. The second-order valence-corrected chi connectivity index (χ2v) is 7.07. The van der Waals surface area contributed by atoms with E-state index in [4.69, 9.17) is 5.11 Å². The maximum atomic E-state index is 12.3. The SMILES string of the molecule is CC1=CC(=O)[C@@]2(O)[C@@H]1C(=O)C[C@@]2(C)CC/C=C(\C)CCCO. The molecule has 2 aliphatic carbocycles. The Kier molecular flexibility index (Phi) is 4.73. The molecular formula is C18H26O4. The Bertz CT molecular complexity index is 545. The fraction of sp³-hybridized carbons (Fsp3) is 0.667. The van der Waals surface area contributed by atoms with Crippen LogP contribution in [0, 0.1) is 11.3 Å². The van der Waals surface area contributed by atoms with Crippen LogP contribution in [0.3, 0.4) is 0 Å². The molecule has 0 aromatic carbocycles. The molecule has 2 aliphatic rings. The van der Waals surface area contributed by atoms with Crippen molar-refractivity contribution in [3.05, 3.63) is 23.3 Å². The highest BCUT2D eigenvalue weighted by molar-refractivity contribution is 6.10. The van der Waals surface area contributed by atoms with E-state index in [9.17, 15) is 14.7 Å². The molecule has 0 radical (unpaired) electrons. The lowest BCUT2D eigenvalue weighted by molar-refractivity contribution is -0.147.